The number of rotatable bonds is 2. The molecule has 0 fully saturated rings. The Bertz CT molecular complexity index is 558. The third kappa shape index (κ3) is 2.66. The summed E-state index contributed by atoms with van der Waals surface area (Å²) in [5.74, 6) is 1.14. The molecule has 0 saturated heterocycles. The minimum Gasteiger partial charge on any atom is -0.267 e. The van der Waals surface area contributed by atoms with Crippen molar-refractivity contribution in [3.05, 3.63) is 34.4 Å². The van der Waals surface area contributed by atoms with Crippen molar-refractivity contribution in [1.82, 2.24) is 0 Å². The van der Waals surface area contributed by atoms with E-state index in [-0.39, 0.29) is 16.0 Å². The lowest BCUT2D eigenvalue weighted by atomic mass is 9.92. The number of para-hydroxylation sites is 2. The van der Waals surface area contributed by atoms with E-state index in [1.54, 1.807) is 12.1 Å². The highest BCUT2D eigenvalue weighted by molar-refractivity contribution is 5.99. The van der Waals surface area contributed by atoms with E-state index in [1.165, 1.54) is 0 Å². The molecule has 0 saturated carbocycles. The zero-order chi connectivity index (χ0) is 14.9. The number of nitro benzene ring substituents is 1. The van der Waals surface area contributed by atoms with E-state index in [4.69, 9.17) is 0 Å². The van der Waals surface area contributed by atoms with E-state index in [0.29, 0.717) is 5.69 Å². The zero-order valence-electron chi connectivity index (χ0n) is 12.6. The normalized spacial score (nSPS) is 16.5. The Balaban J connectivity index is 2.57. The molecule has 0 N–H and O–H groups in total. The summed E-state index contributed by atoms with van der Waals surface area (Å²) in [7, 11) is 2.06. The SMILES string of the molecule is C[N+]1=C(C(C)(C)C)N(c2ccccc2[N+](=O)[O-])CCC1. The second-order valence-electron chi connectivity index (χ2n) is 6.25. The molecule has 1 aromatic rings. The van der Waals surface area contributed by atoms with Gasteiger partial charge in [-0.2, -0.15) is 0 Å². The largest absolute Gasteiger partial charge is 0.315 e. The standard InChI is InChI=1S/C15H22N3O2/c1-15(2,3)14-16(4)10-7-11-17(14)12-8-5-6-9-13(12)18(19)20/h5-6,8-9H,7,10-11H2,1-4H3/q+1. The molecule has 5 heteroatoms. The predicted molar refractivity (Wildman–Crippen MR) is 80.6 cm³/mol. The number of hydrogen-bond acceptors (Lipinski definition) is 3. The van der Waals surface area contributed by atoms with Gasteiger partial charge in [-0.15, -0.1) is 0 Å². The molecule has 20 heavy (non-hydrogen) atoms. The average Bonchev–Trinajstić information content (AvgIpc) is 2.36. The van der Waals surface area contributed by atoms with E-state index >= 15 is 0 Å². The van der Waals surface area contributed by atoms with Crippen molar-refractivity contribution in [2.45, 2.75) is 27.2 Å². The van der Waals surface area contributed by atoms with E-state index < -0.39 is 0 Å². The number of nitro groups is 1. The first-order valence-electron chi connectivity index (χ1n) is 6.92. The second-order valence-corrected chi connectivity index (χ2v) is 6.25. The van der Waals surface area contributed by atoms with Crippen molar-refractivity contribution in [2.75, 3.05) is 25.0 Å². The second kappa shape index (κ2) is 5.23. The fourth-order valence-corrected chi connectivity index (χ4v) is 2.94. The highest BCUT2D eigenvalue weighted by Crippen LogP contribution is 2.32. The number of amidine groups is 1. The van der Waals surface area contributed by atoms with Crippen LogP contribution in [0.25, 0.3) is 0 Å². The summed E-state index contributed by atoms with van der Waals surface area (Å²) in [6.45, 7) is 8.25. The maximum absolute atomic E-state index is 11.3. The summed E-state index contributed by atoms with van der Waals surface area (Å²) >= 11 is 0. The predicted octanol–water partition coefficient (Wildman–Crippen LogP) is 2.89. The lowest BCUT2D eigenvalue weighted by Gasteiger charge is -2.31. The molecule has 1 heterocycles. The Morgan fingerprint density at radius 2 is 1.95 bits per heavy atom. The zero-order valence-corrected chi connectivity index (χ0v) is 12.6. The minimum absolute atomic E-state index is 0.0567. The van der Waals surface area contributed by atoms with Gasteiger partial charge in [-0.25, -0.2) is 4.90 Å². The summed E-state index contributed by atoms with van der Waals surface area (Å²) in [5, 5.41) is 11.3. The molecule has 1 aliphatic heterocycles. The lowest BCUT2D eigenvalue weighted by molar-refractivity contribution is -0.505. The molecule has 1 aliphatic rings. The molecule has 0 unspecified atom stereocenters. The van der Waals surface area contributed by atoms with Gasteiger partial charge in [0.15, 0.2) is 0 Å². The Morgan fingerprint density at radius 3 is 2.55 bits per heavy atom. The highest BCUT2D eigenvalue weighted by atomic mass is 16.6. The van der Waals surface area contributed by atoms with Crippen LogP contribution in [0.5, 0.6) is 0 Å². The molecule has 0 aromatic heterocycles. The topological polar surface area (TPSA) is 49.4 Å². The van der Waals surface area contributed by atoms with Gasteiger partial charge in [-0.05, 0) is 26.8 Å². The quantitative estimate of drug-likeness (QED) is 0.474. The Labute approximate surface area is 119 Å². The molecule has 0 bridgehead atoms. The Hall–Kier alpha value is -1.91. The molecular formula is C15H22N3O2+. The van der Waals surface area contributed by atoms with Crippen LogP contribution in [0.4, 0.5) is 11.4 Å². The smallest absolute Gasteiger partial charge is 0.267 e. The van der Waals surface area contributed by atoms with Gasteiger partial charge in [0.1, 0.15) is 0 Å². The molecule has 0 radical (unpaired) electrons. The fourth-order valence-electron chi connectivity index (χ4n) is 2.94. The number of benzene rings is 1. The van der Waals surface area contributed by atoms with Gasteiger partial charge < -0.3 is 0 Å². The van der Waals surface area contributed by atoms with E-state index in [1.807, 2.05) is 12.1 Å². The van der Waals surface area contributed by atoms with Crippen LogP contribution in [0.2, 0.25) is 0 Å². The van der Waals surface area contributed by atoms with Crippen molar-refractivity contribution >= 4 is 17.2 Å². The van der Waals surface area contributed by atoms with Crippen LogP contribution >= 0.6 is 0 Å². The first kappa shape index (κ1) is 14.5. The van der Waals surface area contributed by atoms with Crippen LogP contribution in [0.3, 0.4) is 0 Å². The molecule has 1 aromatic carbocycles. The van der Waals surface area contributed by atoms with Crippen molar-refractivity contribution in [3.63, 3.8) is 0 Å². The van der Waals surface area contributed by atoms with Gasteiger partial charge >= 0.3 is 5.69 Å². The minimum atomic E-state index is -0.301. The van der Waals surface area contributed by atoms with Crippen LogP contribution in [0.15, 0.2) is 24.3 Å². The van der Waals surface area contributed by atoms with Crippen molar-refractivity contribution in [2.24, 2.45) is 5.41 Å². The van der Waals surface area contributed by atoms with Crippen molar-refractivity contribution in [3.8, 4) is 0 Å². The molecule has 2 rings (SSSR count). The van der Waals surface area contributed by atoms with Gasteiger partial charge in [-0.1, -0.05) is 12.1 Å². The van der Waals surface area contributed by atoms with Crippen molar-refractivity contribution < 1.29 is 9.50 Å². The lowest BCUT2D eigenvalue weighted by Crippen LogP contribution is -2.50. The molecule has 5 nitrogen and oxygen atoms in total. The van der Waals surface area contributed by atoms with E-state index in [2.05, 4.69) is 37.3 Å². The fraction of sp³-hybridized carbons (Fsp3) is 0.533. The van der Waals surface area contributed by atoms with Crippen LogP contribution < -0.4 is 4.90 Å². The maximum Gasteiger partial charge on any atom is 0.315 e. The molecule has 0 aliphatic carbocycles. The van der Waals surface area contributed by atoms with Gasteiger partial charge in [0.2, 0.25) is 5.69 Å². The number of hydrogen-bond donors (Lipinski definition) is 0. The summed E-state index contributed by atoms with van der Waals surface area (Å²) in [6, 6.07) is 6.98. The first-order chi connectivity index (χ1) is 9.32. The summed E-state index contributed by atoms with van der Waals surface area (Å²) in [4.78, 5) is 13.1. The number of nitrogens with zero attached hydrogens (tertiary/aromatic N) is 3. The van der Waals surface area contributed by atoms with Gasteiger partial charge in [-0.3, -0.25) is 14.7 Å². The van der Waals surface area contributed by atoms with Gasteiger partial charge in [0, 0.05) is 12.5 Å². The maximum atomic E-state index is 11.3. The highest BCUT2D eigenvalue weighted by Gasteiger charge is 2.39. The third-order valence-electron chi connectivity index (χ3n) is 3.53. The summed E-state index contributed by atoms with van der Waals surface area (Å²) < 4.78 is 2.21. The third-order valence-corrected chi connectivity index (χ3v) is 3.53. The van der Waals surface area contributed by atoms with Crippen molar-refractivity contribution in [1.29, 1.82) is 0 Å². The number of anilines is 1. The Kier molecular flexibility index (Phi) is 3.79. The molecule has 0 amide bonds. The molecular weight excluding hydrogens is 254 g/mol. The van der Waals surface area contributed by atoms with E-state index in [0.717, 1.165) is 25.3 Å². The Morgan fingerprint density at radius 1 is 1.30 bits per heavy atom. The van der Waals surface area contributed by atoms with E-state index in [9.17, 15) is 10.1 Å². The van der Waals surface area contributed by atoms with Crippen LogP contribution in [-0.4, -0.2) is 35.5 Å². The van der Waals surface area contributed by atoms with Crippen LogP contribution in [0, 0.1) is 15.5 Å². The monoisotopic (exact) mass is 276 g/mol. The first-order valence-corrected chi connectivity index (χ1v) is 6.92. The van der Waals surface area contributed by atoms with Crippen LogP contribution in [-0.2, 0) is 0 Å². The molecule has 108 valence electrons. The molecule has 0 atom stereocenters. The van der Waals surface area contributed by atoms with Crippen LogP contribution in [0.1, 0.15) is 27.2 Å². The average molecular weight is 276 g/mol. The summed E-state index contributed by atoms with van der Waals surface area (Å²) in [6.07, 6.45) is 1.00. The summed E-state index contributed by atoms with van der Waals surface area (Å²) in [5.41, 5.74) is 0.803. The van der Waals surface area contributed by atoms with Gasteiger partial charge in [0.25, 0.3) is 5.84 Å². The van der Waals surface area contributed by atoms with Gasteiger partial charge in [0.05, 0.1) is 30.5 Å². The molecule has 0 spiro atoms.